The van der Waals surface area contributed by atoms with Gasteiger partial charge in [0.25, 0.3) is 0 Å². The molecule has 0 saturated heterocycles. The molecule has 0 aromatic heterocycles. The summed E-state index contributed by atoms with van der Waals surface area (Å²) in [7, 11) is 0. The van der Waals surface area contributed by atoms with E-state index in [0.717, 1.165) is 16.7 Å². The third-order valence-corrected chi connectivity index (χ3v) is 3.17. The second-order valence-electron chi connectivity index (χ2n) is 4.80. The molecule has 0 aliphatic heterocycles. The summed E-state index contributed by atoms with van der Waals surface area (Å²) in [6.07, 6.45) is 2.58. The zero-order chi connectivity index (χ0) is 14.9. The molecule has 0 aliphatic rings. The number of hydrogen-bond donors (Lipinski definition) is 0. The molecule has 2 heteroatoms. The third kappa shape index (κ3) is 5.01. The maximum atomic E-state index is 12.3. The molecule has 0 heterocycles. The first-order chi connectivity index (χ1) is 10.3. The monoisotopic (exact) mass is 280 g/mol. The zero-order valence-corrected chi connectivity index (χ0v) is 12.3. The average molecular weight is 280 g/mol. The molecule has 2 aromatic rings. The fraction of sp³-hybridized carbons (Fsp3) is 0.211. The van der Waals surface area contributed by atoms with Crippen molar-refractivity contribution >= 4 is 11.9 Å². The van der Waals surface area contributed by atoms with Crippen LogP contribution in [-0.4, -0.2) is 19.0 Å². The number of ether oxygens (including phenoxy) is 1. The highest BCUT2D eigenvalue weighted by atomic mass is 16.5. The largest absolute Gasteiger partial charge is 0.374 e. The minimum atomic E-state index is 0.0459. The highest BCUT2D eigenvalue weighted by Gasteiger charge is 2.10. The summed E-state index contributed by atoms with van der Waals surface area (Å²) < 4.78 is 5.26. The standard InChI is InChI=1S/C19H20O2/c1-2-21-15-19(20)18(13-16-9-5-3-6-10-16)14-17-11-7-4-8-12-17/h3-13H,2,14-15H2,1H3. The first kappa shape index (κ1) is 15.2. The Kier molecular flexibility index (Phi) is 5.92. The van der Waals surface area contributed by atoms with Gasteiger partial charge in [-0.1, -0.05) is 60.7 Å². The van der Waals surface area contributed by atoms with Gasteiger partial charge in [0, 0.05) is 18.6 Å². The lowest BCUT2D eigenvalue weighted by Crippen LogP contribution is -2.13. The van der Waals surface area contributed by atoms with Gasteiger partial charge in [-0.3, -0.25) is 4.79 Å². The van der Waals surface area contributed by atoms with Crippen LogP contribution in [0.5, 0.6) is 0 Å². The van der Waals surface area contributed by atoms with E-state index >= 15 is 0 Å². The van der Waals surface area contributed by atoms with Crippen LogP contribution < -0.4 is 0 Å². The fourth-order valence-corrected chi connectivity index (χ4v) is 2.08. The number of carbonyl (C=O) groups excluding carboxylic acids is 1. The summed E-state index contributed by atoms with van der Waals surface area (Å²) in [4.78, 5) is 12.3. The number of hydrogen-bond acceptors (Lipinski definition) is 2. The van der Waals surface area contributed by atoms with Gasteiger partial charge in [-0.2, -0.15) is 0 Å². The summed E-state index contributed by atoms with van der Waals surface area (Å²) in [5.74, 6) is 0.0459. The Morgan fingerprint density at radius 3 is 2.24 bits per heavy atom. The first-order valence-corrected chi connectivity index (χ1v) is 7.20. The topological polar surface area (TPSA) is 26.3 Å². The molecule has 21 heavy (non-hydrogen) atoms. The van der Waals surface area contributed by atoms with Crippen LogP contribution in [-0.2, 0) is 16.0 Å². The number of benzene rings is 2. The Morgan fingerprint density at radius 2 is 1.62 bits per heavy atom. The Labute approximate surface area is 126 Å². The fourth-order valence-electron chi connectivity index (χ4n) is 2.08. The van der Waals surface area contributed by atoms with Gasteiger partial charge >= 0.3 is 0 Å². The van der Waals surface area contributed by atoms with E-state index in [1.807, 2.05) is 73.7 Å². The van der Waals surface area contributed by atoms with Crippen LogP contribution in [0, 0.1) is 0 Å². The molecule has 0 N–H and O–H groups in total. The number of rotatable bonds is 7. The molecule has 0 unspecified atom stereocenters. The van der Waals surface area contributed by atoms with E-state index in [0.29, 0.717) is 13.0 Å². The molecule has 0 amide bonds. The Hall–Kier alpha value is -2.19. The maximum Gasteiger partial charge on any atom is 0.184 e. The van der Waals surface area contributed by atoms with Gasteiger partial charge in [-0.05, 0) is 24.1 Å². The summed E-state index contributed by atoms with van der Waals surface area (Å²) in [5.41, 5.74) is 2.94. The SMILES string of the molecule is CCOCC(=O)C(=Cc1ccccc1)Cc1ccccc1. The van der Waals surface area contributed by atoms with Crippen molar-refractivity contribution < 1.29 is 9.53 Å². The van der Waals surface area contributed by atoms with Crippen molar-refractivity contribution in [3.63, 3.8) is 0 Å². The van der Waals surface area contributed by atoms with Crippen molar-refractivity contribution in [1.29, 1.82) is 0 Å². The van der Waals surface area contributed by atoms with Crippen molar-refractivity contribution in [1.82, 2.24) is 0 Å². The second-order valence-corrected chi connectivity index (χ2v) is 4.80. The molecule has 0 radical (unpaired) electrons. The quantitative estimate of drug-likeness (QED) is 0.719. The molecule has 2 nitrogen and oxygen atoms in total. The van der Waals surface area contributed by atoms with E-state index < -0.39 is 0 Å². The van der Waals surface area contributed by atoms with Gasteiger partial charge in [0.1, 0.15) is 6.61 Å². The maximum absolute atomic E-state index is 12.3. The van der Waals surface area contributed by atoms with E-state index in [9.17, 15) is 4.79 Å². The molecule has 2 rings (SSSR count). The average Bonchev–Trinajstić information content (AvgIpc) is 2.54. The van der Waals surface area contributed by atoms with Gasteiger partial charge in [0.2, 0.25) is 0 Å². The highest BCUT2D eigenvalue weighted by Crippen LogP contribution is 2.14. The van der Waals surface area contributed by atoms with Crippen LogP contribution in [0.1, 0.15) is 18.1 Å². The van der Waals surface area contributed by atoms with Crippen molar-refractivity contribution in [2.24, 2.45) is 0 Å². The van der Waals surface area contributed by atoms with E-state index in [2.05, 4.69) is 0 Å². The minimum Gasteiger partial charge on any atom is -0.374 e. The molecule has 0 spiro atoms. The molecular weight excluding hydrogens is 260 g/mol. The lowest BCUT2D eigenvalue weighted by Gasteiger charge is -2.08. The zero-order valence-electron chi connectivity index (χ0n) is 12.3. The van der Waals surface area contributed by atoms with E-state index in [-0.39, 0.29) is 12.4 Å². The molecule has 0 fully saturated rings. The van der Waals surface area contributed by atoms with Gasteiger partial charge in [0.05, 0.1) is 0 Å². The van der Waals surface area contributed by atoms with E-state index in [1.165, 1.54) is 0 Å². The predicted octanol–water partition coefficient (Wildman–Crippen LogP) is 3.92. The smallest absolute Gasteiger partial charge is 0.184 e. The van der Waals surface area contributed by atoms with Gasteiger partial charge in [0.15, 0.2) is 5.78 Å². The molecule has 0 aliphatic carbocycles. The summed E-state index contributed by atoms with van der Waals surface area (Å²) in [6.45, 7) is 2.59. The van der Waals surface area contributed by atoms with Crippen LogP contribution >= 0.6 is 0 Å². The second kappa shape index (κ2) is 8.18. The molecule has 0 atom stereocenters. The minimum absolute atomic E-state index is 0.0459. The Bertz CT molecular complexity index is 585. The van der Waals surface area contributed by atoms with Crippen molar-refractivity contribution in [2.75, 3.05) is 13.2 Å². The van der Waals surface area contributed by atoms with Gasteiger partial charge < -0.3 is 4.74 Å². The summed E-state index contributed by atoms with van der Waals surface area (Å²) >= 11 is 0. The summed E-state index contributed by atoms with van der Waals surface area (Å²) in [6, 6.07) is 19.9. The Morgan fingerprint density at radius 1 is 1.00 bits per heavy atom. The number of carbonyl (C=O) groups is 1. The highest BCUT2D eigenvalue weighted by molar-refractivity contribution is 6.00. The van der Waals surface area contributed by atoms with Crippen molar-refractivity contribution in [3.05, 3.63) is 77.4 Å². The van der Waals surface area contributed by atoms with Crippen LogP contribution in [0.2, 0.25) is 0 Å². The van der Waals surface area contributed by atoms with Gasteiger partial charge in [-0.25, -0.2) is 0 Å². The molecule has 2 aromatic carbocycles. The predicted molar refractivity (Wildman–Crippen MR) is 86.1 cm³/mol. The number of Topliss-reactive ketones (excluding diaryl/α,β-unsaturated/α-hetero) is 1. The van der Waals surface area contributed by atoms with Crippen molar-refractivity contribution in [3.8, 4) is 0 Å². The lowest BCUT2D eigenvalue weighted by molar-refractivity contribution is -0.119. The van der Waals surface area contributed by atoms with Gasteiger partial charge in [-0.15, -0.1) is 0 Å². The summed E-state index contributed by atoms with van der Waals surface area (Å²) in [5, 5.41) is 0. The normalized spacial score (nSPS) is 11.4. The molecular formula is C19H20O2. The first-order valence-electron chi connectivity index (χ1n) is 7.20. The van der Waals surface area contributed by atoms with Crippen LogP contribution in [0.4, 0.5) is 0 Å². The lowest BCUT2D eigenvalue weighted by atomic mass is 9.99. The van der Waals surface area contributed by atoms with Crippen LogP contribution in [0.15, 0.2) is 66.2 Å². The third-order valence-electron chi connectivity index (χ3n) is 3.17. The number of ketones is 1. The van der Waals surface area contributed by atoms with E-state index in [1.54, 1.807) is 0 Å². The molecule has 0 bridgehead atoms. The van der Waals surface area contributed by atoms with Crippen LogP contribution in [0.3, 0.4) is 0 Å². The molecule has 0 saturated carbocycles. The van der Waals surface area contributed by atoms with E-state index in [4.69, 9.17) is 4.74 Å². The Balaban J connectivity index is 2.22. The molecule has 108 valence electrons. The van der Waals surface area contributed by atoms with Crippen LogP contribution in [0.25, 0.3) is 6.08 Å². The van der Waals surface area contributed by atoms with Crippen molar-refractivity contribution in [2.45, 2.75) is 13.3 Å².